The van der Waals surface area contributed by atoms with Crippen molar-refractivity contribution in [3.8, 4) is 11.5 Å². The molecular formula is C13H12BrNO2. The average molecular weight is 294 g/mol. The molecule has 1 aromatic carbocycles. The first-order valence-corrected chi connectivity index (χ1v) is 5.99. The molecule has 1 N–H and O–H groups in total. The number of para-hydroxylation sites is 1. The van der Waals surface area contributed by atoms with Crippen LogP contribution in [0.3, 0.4) is 0 Å². The molecule has 0 aliphatic heterocycles. The highest BCUT2D eigenvalue weighted by molar-refractivity contribution is 9.10. The number of ether oxygens (including phenoxy) is 1. The smallest absolute Gasteiger partial charge is 0.141 e. The summed E-state index contributed by atoms with van der Waals surface area (Å²) in [5, 5.41) is 9.22. The second kappa shape index (κ2) is 5.29. The van der Waals surface area contributed by atoms with Gasteiger partial charge in [-0.1, -0.05) is 12.1 Å². The standard InChI is InChI=1S/C13H12BrNO2/c1-9-6-13(10(8-16)7-15-9)17-12-5-3-2-4-11(12)14/h2-7,16H,8H2,1H3. The third-order valence-corrected chi connectivity index (χ3v) is 2.96. The Labute approximate surface area is 108 Å². The number of aryl methyl sites for hydroxylation is 1. The van der Waals surface area contributed by atoms with E-state index in [1.165, 1.54) is 0 Å². The molecule has 0 saturated heterocycles. The van der Waals surface area contributed by atoms with Crippen LogP contribution >= 0.6 is 15.9 Å². The SMILES string of the molecule is Cc1cc(Oc2ccccc2Br)c(CO)cn1. The Morgan fingerprint density at radius 3 is 2.76 bits per heavy atom. The van der Waals surface area contributed by atoms with Crippen molar-refractivity contribution >= 4 is 15.9 Å². The molecular weight excluding hydrogens is 282 g/mol. The normalized spacial score (nSPS) is 10.3. The van der Waals surface area contributed by atoms with Gasteiger partial charge in [-0.15, -0.1) is 0 Å². The van der Waals surface area contributed by atoms with Gasteiger partial charge in [0.15, 0.2) is 0 Å². The largest absolute Gasteiger partial charge is 0.456 e. The highest BCUT2D eigenvalue weighted by atomic mass is 79.9. The molecule has 4 heteroatoms. The van der Waals surface area contributed by atoms with Crippen molar-refractivity contribution < 1.29 is 9.84 Å². The average Bonchev–Trinajstić information content (AvgIpc) is 2.32. The Morgan fingerprint density at radius 2 is 2.06 bits per heavy atom. The summed E-state index contributed by atoms with van der Waals surface area (Å²) in [4.78, 5) is 4.12. The Hall–Kier alpha value is -1.39. The van der Waals surface area contributed by atoms with E-state index in [-0.39, 0.29) is 6.61 Å². The molecule has 0 radical (unpaired) electrons. The third-order valence-electron chi connectivity index (χ3n) is 2.31. The highest BCUT2D eigenvalue weighted by Gasteiger charge is 2.07. The number of benzene rings is 1. The van der Waals surface area contributed by atoms with Crippen LogP contribution in [0.1, 0.15) is 11.3 Å². The van der Waals surface area contributed by atoms with Crippen LogP contribution in [-0.4, -0.2) is 10.1 Å². The fourth-order valence-electron chi connectivity index (χ4n) is 1.42. The maximum Gasteiger partial charge on any atom is 0.141 e. The molecule has 1 aromatic heterocycles. The van der Waals surface area contributed by atoms with E-state index in [1.54, 1.807) is 6.20 Å². The summed E-state index contributed by atoms with van der Waals surface area (Å²) in [6.45, 7) is 1.79. The van der Waals surface area contributed by atoms with Gasteiger partial charge in [-0.3, -0.25) is 4.98 Å². The van der Waals surface area contributed by atoms with Gasteiger partial charge in [-0.25, -0.2) is 0 Å². The van der Waals surface area contributed by atoms with E-state index in [0.29, 0.717) is 17.1 Å². The second-order valence-corrected chi connectivity index (χ2v) is 4.48. The molecule has 88 valence electrons. The Bertz CT molecular complexity index is 529. The van der Waals surface area contributed by atoms with E-state index in [0.717, 1.165) is 10.2 Å². The lowest BCUT2D eigenvalue weighted by Gasteiger charge is -2.11. The zero-order valence-corrected chi connectivity index (χ0v) is 10.9. The molecule has 0 aliphatic carbocycles. The number of hydrogen-bond donors (Lipinski definition) is 1. The van der Waals surface area contributed by atoms with Crippen LogP contribution in [0.25, 0.3) is 0 Å². The third kappa shape index (κ3) is 2.84. The first-order chi connectivity index (χ1) is 8.20. The molecule has 1 heterocycles. The van der Waals surface area contributed by atoms with Crippen molar-refractivity contribution in [3.63, 3.8) is 0 Å². The van der Waals surface area contributed by atoms with Crippen LogP contribution in [0.15, 0.2) is 41.0 Å². The summed E-state index contributed by atoms with van der Waals surface area (Å²) in [5.74, 6) is 1.35. The van der Waals surface area contributed by atoms with Gasteiger partial charge < -0.3 is 9.84 Å². The number of nitrogens with zero attached hydrogens (tertiary/aromatic N) is 1. The maximum absolute atomic E-state index is 9.22. The quantitative estimate of drug-likeness (QED) is 0.943. The van der Waals surface area contributed by atoms with Crippen molar-refractivity contribution in [2.75, 3.05) is 0 Å². The van der Waals surface area contributed by atoms with E-state index in [1.807, 2.05) is 37.3 Å². The van der Waals surface area contributed by atoms with Crippen LogP contribution in [0, 0.1) is 6.92 Å². The molecule has 0 aliphatic rings. The molecule has 0 unspecified atom stereocenters. The Kier molecular flexibility index (Phi) is 3.76. The van der Waals surface area contributed by atoms with Gasteiger partial charge in [-0.2, -0.15) is 0 Å². The van der Waals surface area contributed by atoms with Crippen LogP contribution in [0.2, 0.25) is 0 Å². The van der Waals surface area contributed by atoms with Gasteiger partial charge in [0.25, 0.3) is 0 Å². The number of pyridine rings is 1. The molecule has 2 aromatic rings. The summed E-state index contributed by atoms with van der Waals surface area (Å²) in [6, 6.07) is 9.39. The monoisotopic (exact) mass is 293 g/mol. The van der Waals surface area contributed by atoms with Crippen LogP contribution in [-0.2, 0) is 6.61 Å². The van der Waals surface area contributed by atoms with Crippen molar-refractivity contribution in [3.05, 3.63) is 52.3 Å². The van der Waals surface area contributed by atoms with Gasteiger partial charge in [0, 0.05) is 23.5 Å². The van der Waals surface area contributed by atoms with Crippen molar-refractivity contribution in [1.29, 1.82) is 0 Å². The fraction of sp³-hybridized carbons (Fsp3) is 0.154. The summed E-state index contributed by atoms with van der Waals surface area (Å²) in [7, 11) is 0. The molecule has 0 amide bonds. The van der Waals surface area contributed by atoms with Gasteiger partial charge in [-0.05, 0) is 35.0 Å². The van der Waals surface area contributed by atoms with E-state index < -0.39 is 0 Å². The summed E-state index contributed by atoms with van der Waals surface area (Å²) in [5.41, 5.74) is 1.52. The lowest BCUT2D eigenvalue weighted by atomic mass is 10.2. The van der Waals surface area contributed by atoms with Gasteiger partial charge in [0.05, 0.1) is 11.1 Å². The number of rotatable bonds is 3. The van der Waals surface area contributed by atoms with Gasteiger partial charge in [0.1, 0.15) is 11.5 Å². The van der Waals surface area contributed by atoms with Gasteiger partial charge >= 0.3 is 0 Å². The second-order valence-electron chi connectivity index (χ2n) is 3.62. The Balaban J connectivity index is 2.35. The molecule has 0 bridgehead atoms. The van der Waals surface area contributed by atoms with Crippen molar-refractivity contribution in [1.82, 2.24) is 4.98 Å². The van der Waals surface area contributed by atoms with Crippen LogP contribution < -0.4 is 4.74 Å². The summed E-state index contributed by atoms with van der Waals surface area (Å²) < 4.78 is 6.64. The highest BCUT2D eigenvalue weighted by Crippen LogP contribution is 2.31. The molecule has 17 heavy (non-hydrogen) atoms. The molecule has 0 atom stereocenters. The lowest BCUT2D eigenvalue weighted by molar-refractivity contribution is 0.276. The van der Waals surface area contributed by atoms with E-state index in [2.05, 4.69) is 20.9 Å². The van der Waals surface area contributed by atoms with Crippen LogP contribution in [0.4, 0.5) is 0 Å². The molecule has 3 nitrogen and oxygen atoms in total. The number of aliphatic hydroxyl groups is 1. The first kappa shape index (κ1) is 12.1. The molecule has 0 spiro atoms. The molecule has 0 fully saturated rings. The number of hydrogen-bond acceptors (Lipinski definition) is 3. The summed E-state index contributed by atoms with van der Waals surface area (Å²) in [6.07, 6.45) is 1.63. The van der Waals surface area contributed by atoms with E-state index >= 15 is 0 Å². The maximum atomic E-state index is 9.22. The predicted octanol–water partition coefficient (Wildman–Crippen LogP) is 3.44. The van der Waals surface area contributed by atoms with Gasteiger partial charge in [0.2, 0.25) is 0 Å². The van der Waals surface area contributed by atoms with Crippen molar-refractivity contribution in [2.24, 2.45) is 0 Å². The Morgan fingerprint density at radius 1 is 1.29 bits per heavy atom. The molecule has 2 rings (SSSR count). The van der Waals surface area contributed by atoms with E-state index in [9.17, 15) is 5.11 Å². The lowest BCUT2D eigenvalue weighted by Crippen LogP contribution is -1.95. The number of halogens is 1. The number of aromatic nitrogens is 1. The molecule has 0 saturated carbocycles. The minimum Gasteiger partial charge on any atom is -0.456 e. The minimum absolute atomic E-state index is 0.0902. The topological polar surface area (TPSA) is 42.4 Å². The predicted molar refractivity (Wildman–Crippen MR) is 69.1 cm³/mol. The van der Waals surface area contributed by atoms with E-state index in [4.69, 9.17) is 4.74 Å². The zero-order valence-electron chi connectivity index (χ0n) is 9.35. The fourth-order valence-corrected chi connectivity index (χ4v) is 1.79. The zero-order chi connectivity index (χ0) is 12.3. The first-order valence-electron chi connectivity index (χ1n) is 5.19. The van der Waals surface area contributed by atoms with Crippen molar-refractivity contribution in [2.45, 2.75) is 13.5 Å². The van der Waals surface area contributed by atoms with Crippen LogP contribution in [0.5, 0.6) is 11.5 Å². The minimum atomic E-state index is -0.0902. The summed E-state index contributed by atoms with van der Waals surface area (Å²) >= 11 is 3.42. The number of aliphatic hydroxyl groups excluding tert-OH is 1.